The van der Waals surface area contributed by atoms with Crippen molar-refractivity contribution in [2.24, 2.45) is 5.10 Å². The Hall–Kier alpha value is -2.27. The molecule has 1 saturated heterocycles. The van der Waals surface area contributed by atoms with Gasteiger partial charge in [-0.15, -0.1) is 0 Å². The molecule has 0 atom stereocenters. The molecule has 2 aromatic rings. The fourth-order valence-electron chi connectivity index (χ4n) is 3.08. The topological polar surface area (TPSA) is 96.4 Å². The summed E-state index contributed by atoms with van der Waals surface area (Å²) in [4.78, 5) is 13.4. The van der Waals surface area contributed by atoms with Crippen molar-refractivity contribution in [3.8, 4) is 0 Å². The van der Waals surface area contributed by atoms with Crippen LogP contribution in [-0.2, 0) is 14.8 Å². The second kappa shape index (κ2) is 10.2. The van der Waals surface area contributed by atoms with E-state index in [-0.39, 0.29) is 17.3 Å². The Balaban J connectivity index is 1.45. The maximum absolute atomic E-state index is 12.7. The normalized spacial score (nSPS) is 16.8. The SMILES string of the molecule is C/C(C=NNC(=O)C[NH+]1CCN(S(=O)(=O)c2ccc(Br)cc2)CC1)=C\c1ccco1. The molecule has 1 aliphatic rings. The lowest BCUT2D eigenvalue weighted by atomic mass is 10.3. The standard InChI is InChI=1S/C20H23BrN4O4S/c1-16(13-18-3-2-12-29-18)14-22-23-20(26)15-24-8-10-25(11-9-24)30(27,28)19-6-4-17(21)5-7-19/h2-7,12-14H,8-11,15H2,1H3,(H,23,26)/p+1/b16-13+,22-14?. The number of benzene rings is 1. The lowest BCUT2D eigenvalue weighted by Gasteiger charge is -2.31. The summed E-state index contributed by atoms with van der Waals surface area (Å²) in [6, 6.07) is 10.2. The number of furan rings is 1. The number of rotatable bonds is 7. The minimum atomic E-state index is -3.51. The molecule has 0 saturated carbocycles. The number of hydrogen-bond acceptors (Lipinski definition) is 5. The number of piperazine rings is 1. The first-order valence-corrected chi connectivity index (χ1v) is 11.7. The van der Waals surface area contributed by atoms with E-state index >= 15 is 0 Å². The van der Waals surface area contributed by atoms with Crippen LogP contribution < -0.4 is 10.3 Å². The Morgan fingerprint density at radius 3 is 2.60 bits per heavy atom. The van der Waals surface area contributed by atoms with Gasteiger partial charge in [0.25, 0.3) is 5.91 Å². The quantitative estimate of drug-likeness (QED) is 0.444. The van der Waals surface area contributed by atoms with Crippen LogP contribution in [0.15, 0.2) is 67.1 Å². The van der Waals surface area contributed by atoms with Gasteiger partial charge in [0.1, 0.15) is 5.76 Å². The van der Waals surface area contributed by atoms with Gasteiger partial charge in [0.15, 0.2) is 6.54 Å². The van der Waals surface area contributed by atoms with Gasteiger partial charge in [-0.05, 0) is 55.0 Å². The summed E-state index contributed by atoms with van der Waals surface area (Å²) in [6.07, 6.45) is 4.95. The molecule has 1 aromatic carbocycles. The molecule has 1 amide bonds. The predicted octanol–water partition coefficient (Wildman–Crippen LogP) is 1.14. The lowest BCUT2D eigenvalue weighted by Crippen LogP contribution is -3.15. The molecule has 160 valence electrons. The number of nitrogens with one attached hydrogen (secondary N) is 2. The summed E-state index contributed by atoms with van der Waals surface area (Å²) in [5.41, 5.74) is 3.35. The molecule has 0 spiro atoms. The van der Waals surface area contributed by atoms with Crippen molar-refractivity contribution in [2.45, 2.75) is 11.8 Å². The highest BCUT2D eigenvalue weighted by Gasteiger charge is 2.31. The van der Waals surface area contributed by atoms with Crippen LogP contribution in [0.1, 0.15) is 12.7 Å². The third kappa shape index (κ3) is 6.11. The van der Waals surface area contributed by atoms with Crippen molar-refractivity contribution < 1.29 is 22.5 Å². The molecule has 10 heteroatoms. The molecule has 0 aliphatic carbocycles. The summed E-state index contributed by atoms with van der Waals surface area (Å²) in [6.45, 7) is 3.96. The smallest absolute Gasteiger partial charge is 0.295 e. The Bertz CT molecular complexity index is 1010. The van der Waals surface area contributed by atoms with E-state index in [4.69, 9.17) is 4.42 Å². The van der Waals surface area contributed by atoms with E-state index in [1.54, 1.807) is 42.8 Å². The first kappa shape index (κ1) is 22.4. The van der Waals surface area contributed by atoms with Gasteiger partial charge < -0.3 is 9.32 Å². The van der Waals surface area contributed by atoms with E-state index in [1.807, 2.05) is 19.1 Å². The van der Waals surface area contributed by atoms with Gasteiger partial charge in [0.2, 0.25) is 10.0 Å². The highest BCUT2D eigenvalue weighted by atomic mass is 79.9. The predicted molar refractivity (Wildman–Crippen MR) is 117 cm³/mol. The molecule has 1 aromatic heterocycles. The summed E-state index contributed by atoms with van der Waals surface area (Å²) in [5, 5.41) is 3.96. The van der Waals surface area contributed by atoms with Gasteiger partial charge in [-0.3, -0.25) is 4.79 Å². The Labute approximate surface area is 184 Å². The summed E-state index contributed by atoms with van der Waals surface area (Å²) >= 11 is 3.31. The monoisotopic (exact) mass is 495 g/mol. The first-order chi connectivity index (χ1) is 14.3. The summed E-state index contributed by atoms with van der Waals surface area (Å²) < 4.78 is 33.0. The van der Waals surface area contributed by atoms with Crippen molar-refractivity contribution in [1.82, 2.24) is 9.73 Å². The maximum atomic E-state index is 12.7. The molecule has 2 N–H and O–H groups in total. The molecule has 8 nitrogen and oxygen atoms in total. The Morgan fingerprint density at radius 1 is 1.27 bits per heavy atom. The number of nitrogens with zero attached hydrogens (tertiary/aromatic N) is 2. The number of quaternary nitrogens is 1. The van der Waals surface area contributed by atoms with Crippen LogP contribution in [0.4, 0.5) is 0 Å². The van der Waals surface area contributed by atoms with Crippen molar-refractivity contribution in [3.63, 3.8) is 0 Å². The van der Waals surface area contributed by atoms with Crippen molar-refractivity contribution in [1.29, 1.82) is 0 Å². The van der Waals surface area contributed by atoms with Crippen LogP contribution in [0.3, 0.4) is 0 Å². The second-order valence-electron chi connectivity index (χ2n) is 6.98. The first-order valence-electron chi connectivity index (χ1n) is 9.47. The van der Waals surface area contributed by atoms with Gasteiger partial charge in [-0.2, -0.15) is 9.41 Å². The molecule has 0 radical (unpaired) electrons. The summed E-state index contributed by atoms with van der Waals surface area (Å²) in [7, 11) is -3.51. The molecule has 30 heavy (non-hydrogen) atoms. The minimum Gasteiger partial charge on any atom is -0.465 e. The number of carbonyl (C=O) groups excluding carboxylic acids is 1. The number of hydrogen-bond donors (Lipinski definition) is 2. The van der Waals surface area contributed by atoms with E-state index in [1.165, 1.54) is 4.31 Å². The number of amides is 1. The van der Waals surface area contributed by atoms with E-state index in [2.05, 4.69) is 26.5 Å². The minimum absolute atomic E-state index is 0.212. The van der Waals surface area contributed by atoms with Gasteiger partial charge in [-0.1, -0.05) is 15.9 Å². The average Bonchev–Trinajstić information content (AvgIpc) is 3.21. The molecule has 2 heterocycles. The van der Waals surface area contributed by atoms with E-state index in [9.17, 15) is 13.2 Å². The molecule has 0 unspecified atom stereocenters. The number of carbonyl (C=O) groups is 1. The number of hydrazone groups is 1. The molecule has 0 bridgehead atoms. The zero-order valence-corrected chi connectivity index (χ0v) is 18.9. The molecule has 3 rings (SSSR count). The third-order valence-corrected chi connectivity index (χ3v) is 7.10. The lowest BCUT2D eigenvalue weighted by molar-refractivity contribution is -0.895. The van der Waals surface area contributed by atoms with Crippen molar-refractivity contribution in [2.75, 3.05) is 32.7 Å². The van der Waals surface area contributed by atoms with Crippen molar-refractivity contribution >= 4 is 44.2 Å². The largest absolute Gasteiger partial charge is 0.465 e. The Morgan fingerprint density at radius 2 is 1.97 bits per heavy atom. The molecule has 1 aliphatic heterocycles. The van der Waals surface area contributed by atoms with E-state index in [0.717, 1.165) is 14.9 Å². The van der Waals surface area contributed by atoms with Crippen LogP contribution in [0.5, 0.6) is 0 Å². The maximum Gasteiger partial charge on any atom is 0.295 e. The van der Waals surface area contributed by atoms with Gasteiger partial charge in [-0.25, -0.2) is 13.8 Å². The fourth-order valence-corrected chi connectivity index (χ4v) is 4.79. The van der Waals surface area contributed by atoms with Gasteiger partial charge in [0.05, 0.1) is 43.6 Å². The van der Waals surface area contributed by atoms with Crippen LogP contribution in [0.25, 0.3) is 6.08 Å². The Kier molecular flexibility index (Phi) is 7.59. The van der Waals surface area contributed by atoms with E-state index in [0.29, 0.717) is 31.9 Å². The van der Waals surface area contributed by atoms with Crippen LogP contribution in [0, 0.1) is 0 Å². The second-order valence-corrected chi connectivity index (χ2v) is 9.84. The zero-order valence-electron chi connectivity index (χ0n) is 16.5. The van der Waals surface area contributed by atoms with E-state index < -0.39 is 10.0 Å². The third-order valence-electron chi connectivity index (χ3n) is 4.66. The number of sulfonamides is 1. The number of halogens is 1. The molecule has 1 fully saturated rings. The average molecular weight is 496 g/mol. The molecular formula is C20H24BrN4O4S+. The van der Waals surface area contributed by atoms with Gasteiger partial charge in [0, 0.05) is 4.47 Å². The van der Waals surface area contributed by atoms with Crippen molar-refractivity contribution in [3.05, 3.63) is 58.5 Å². The zero-order chi connectivity index (χ0) is 21.6. The van der Waals surface area contributed by atoms with Gasteiger partial charge >= 0.3 is 0 Å². The van der Waals surface area contributed by atoms with Crippen LogP contribution in [-0.4, -0.2) is 57.6 Å². The highest BCUT2D eigenvalue weighted by Crippen LogP contribution is 2.18. The fraction of sp³-hybridized carbons (Fsp3) is 0.300. The number of allylic oxidation sites excluding steroid dienone is 1. The molecular weight excluding hydrogens is 472 g/mol. The summed E-state index contributed by atoms with van der Waals surface area (Å²) in [5.74, 6) is 0.502. The van der Waals surface area contributed by atoms with Crippen LogP contribution >= 0.6 is 15.9 Å². The van der Waals surface area contributed by atoms with Crippen LogP contribution in [0.2, 0.25) is 0 Å². The highest BCUT2D eigenvalue weighted by molar-refractivity contribution is 9.10.